The molecule has 2 N–H and O–H groups in total. The summed E-state index contributed by atoms with van der Waals surface area (Å²) >= 11 is 0. The highest BCUT2D eigenvalue weighted by Gasteiger charge is 2.32. The van der Waals surface area contributed by atoms with Crippen molar-refractivity contribution in [2.24, 2.45) is 5.92 Å². The average Bonchev–Trinajstić information content (AvgIpc) is 3.20. The molecule has 2 heterocycles. The first-order valence-corrected chi connectivity index (χ1v) is 13.7. The van der Waals surface area contributed by atoms with E-state index >= 15 is 0 Å². The van der Waals surface area contributed by atoms with Gasteiger partial charge in [-0.2, -0.15) is 5.26 Å². The predicted molar refractivity (Wildman–Crippen MR) is 137 cm³/mol. The SMILES string of the molecule is CC(C)(C)N(CS(=O)(=O)NCc1nc2cnc3ccccc3c2n1C1CCC(CC#N)CC1)C(=O)O. The Kier molecular flexibility index (Phi) is 7.20. The van der Waals surface area contributed by atoms with Crippen molar-refractivity contribution in [2.75, 3.05) is 5.88 Å². The molecule has 10 nitrogen and oxygen atoms in total. The topological polar surface area (TPSA) is 141 Å². The van der Waals surface area contributed by atoms with Crippen molar-refractivity contribution in [3.05, 3.63) is 36.3 Å². The molecule has 3 aromatic rings. The second kappa shape index (κ2) is 10.0. The van der Waals surface area contributed by atoms with E-state index in [0.717, 1.165) is 47.0 Å². The number of nitriles is 1. The molecule has 1 saturated carbocycles. The number of hydrogen-bond acceptors (Lipinski definition) is 6. The maximum atomic E-state index is 12.9. The van der Waals surface area contributed by atoms with Crippen LogP contribution in [0.25, 0.3) is 21.9 Å². The maximum Gasteiger partial charge on any atom is 0.408 e. The highest BCUT2D eigenvalue weighted by Crippen LogP contribution is 2.38. The number of sulfonamides is 1. The molecule has 36 heavy (non-hydrogen) atoms. The van der Waals surface area contributed by atoms with Gasteiger partial charge in [0.05, 0.1) is 29.8 Å². The van der Waals surface area contributed by atoms with E-state index in [1.165, 1.54) is 0 Å². The van der Waals surface area contributed by atoms with Gasteiger partial charge in [0.2, 0.25) is 10.0 Å². The third-order valence-electron chi connectivity index (χ3n) is 6.85. The fourth-order valence-electron chi connectivity index (χ4n) is 4.95. The van der Waals surface area contributed by atoms with Gasteiger partial charge in [-0.25, -0.2) is 22.9 Å². The van der Waals surface area contributed by atoms with Gasteiger partial charge < -0.3 is 9.67 Å². The lowest BCUT2D eigenvalue weighted by molar-refractivity contribution is 0.112. The van der Waals surface area contributed by atoms with E-state index in [0.29, 0.717) is 23.7 Å². The Labute approximate surface area is 211 Å². The predicted octanol–water partition coefficient (Wildman–Crippen LogP) is 4.38. The lowest BCUT2D eigenvalue weighted by atomic mass is 9.84. The second-order valence-electron chi connectivity index (χ2n) is 10.4. The van der Waals surface area contributed by atoms with Crippen molar-refractivity contribution < 1.29 is 18.3 Å². The summed E-state index contributed by atoms with van der Waals surface area (Å²) in [6.45, 7) is 4.88. The maximum absolute atomic E-state index is 12.9. The molecule has 1 aliphatic carbocycles. The first-order valence-electron chi connectivity index (χ1n) is 12.1. The Morgan fingerprint density at radius 3 is 2.56 bits per heavy atom. The molecule has 0 radical (unpaired) electrons. The van der Waals surface area contributed by atoms with Crippen LogP contribution in [0.15, 0.2) is 30.5 Å². The summed E-state index contributed by atoms with van der Waals surface area (Å²) in [5, 5.41) is 19.6. The Morgan fingerprint density at radius 2 is 1.92 bits per heavy atom. The molecule has 0 aliphatic heterocycles. The van der Waals surface area contributed by atoms with Crippen molar-refractivity contribution >= 4 is 38.1 Å². The minimum atomic E-state index is -3.96. The van der Waals surface area contributed by atoms with E-state index < -0.39 is 27.5 Å². The van der Waals surface area contributed by atoms with E-state index in [2.05, 4.69) is 20.3 Å². The van der Waals surface area contributed by atoms with Crippen LogP contribution < -0.4 is 4.72 Å². The van der Waals surface area contributed by atoms with Crippen LogP contribution in [-0.4, -0.2) is 50.5 Å². The molecule has 1 aromatic carbocycles. The highest BCUT2D eigenvalue weighted by molar-refractivity contribution is 7.89. The molecule has 0 saturated heterocycles. The molecule has 0 bridgehead atoms. The van der Waals surface area contributed by atoms with E-state index in [9.17, 15) is 18.3 Å². The number of pyridine rings is 1. The van der Waals surface area contributed by atoms with Gasteiger partial charge in [0.15, 0.2) is 0 Å². The van der Waals surface area contributed by atoms with Crippen LogP contribution in [0, 0.1) is 17.2 Å². The zero-order valence-corrected chi connectivity index (χ0v) is 21.6. The van der Waals surface area contributed by atoms with Crippen LogP contribution in [-0.2, 0) is 16.6 Å². The van der Waals surface area contributed by atoms with E-state index in [-0.39, 0.29) is 12.6 Å². The first kappa shape index (κ1) is 25.9. The number of rotatable bonds is 7. The van der Waals surface area contributed by atoms with Crippen LogP contribution >= 0.6 is 0 Å². The number of nitrogens with one attached hydrogen (secondary N) is 1. The molecule has 1 aliphatic rings. The van der Waals surface area contributed by atoms with Crippen molar-refractivity contribution in [2.45, 2.75) is 71.0 Å². The van der Waals surface area contributed by atoms with Crippen molar-refractivity contribution in [3.8, 4) is 6.07 Å². The minimum absolute atomic E-state index is 0.0684. The van der Waals surface area contributed by atoms with Gasteiger partial charge in [0, 0.05) is 23.4 Å². The summed E-state index contributed by atoms with van der Waals surface area (Å²) < 4.78 is 30.5. The number of aromatic nitrogens is 3. The van der Waals surface area contributed by atoms with Gasteiger partial charge in [0.25, 0.3) is 0 Å². The summed E-state index contributed by atoms with van der Waals surface area (Å²) in [7, 11) is -3.96. The number of benzene rings is 1. The quantitative estimate of drug-likeness (QED) is 0.478. The van der Waals surface area contributed by atoms with Gasteiger partial charge in [0.1, 0.15) is 17.2 Å². The van der Waals surface area contributed by atoms with Crippen LogP contribution in [0.2, 0.25) is 0 Å². The molecule has 1 fully saturated rings. The average molecular weight is 513 g/mol. The fourth-order valence-corrected chi connectivity index (χ4v) is 6.23. The number of carbonyl (C=O) groups is 1. The fraction of sp³-hybridized carbons (Fsp3) is 0.520. The monoisotopic (exact) mass is 512 g/mol. The smallest absolute Gasteiger partial charge is 0.408 e. The molecule has 0 spiro atoms. The van der Waals surface area contributed by atoms with E-state index in [1.54, 1.807) is 27.0 Å². The summed E-state index contributed by atoms with van der Waals surface area (Å²) in [5.74, 6) is 0.268. The lowest BCUT2D eigenvalue weighted by Crippen LogP contribution is -2.49. The van der Waals surface area contributed by atoms with Gasteiger partial charge in [-0.3, -0.25) is 9.88 Å². The molecule has 1 amide bonds. The third kappa shape index (κ3) is 5.44. The summed E-state index contributed by atoms with van der Waals surface area (Å²) in [4.78, 5) is 21.8. The van der Waals surface area contributed by atoms with Crippen molar-refractivity contribution in [1.82, 2.24) is 24.2 Å². The summed E-state index contributed by atoms with van der Waals surface area (Å²) in [5.41, 5.74) is 1.56. The molecule has 0 unspecified atom stereocenters. The zero-order valence-electron chi connectivity index (χ0n) is 20.8. The largest absolute Gasteiger partial charge is 0.465 e. The molecule has 192 valence electrons. The summed E-state index contributed by atoms with van der Waals surface area (Å²) in [6, 6.07) is 10.2. The van der Waals surface area contributed by atoms with Crippen LogP contribution in [0.3, 0.4) is 0 Å². The number of fused-ring (bicyclic) bond motifs is 3. The van der Waals surface area contributed by atoms with Gasteiger partial charge in [-0.1, -0.05) is 18.2 Å². The number of para-hydroxylation sites is 1. The first-order chi connectivity index (χ1) is 17.0. The van der Waals surface area contributed by atoms with Gasteiger partial charge in [-0.05, 0) is 58.4 Å². The third-order valence-corrected chi connectivity index (χ3v) is 8.03. The molecule has 11 heteroatoms. The minimum Gasteiger partial charge on any atom is -0.465 e. The number of carboxylic acid groups (broad SMARTS) is 1. The lowest BCUT2D eigenvalue weighted by Gasteiger charge is -2.32. The Bertz CT molecular complexity index is 1410. The Balaban J connectivity index is 1.68. The second-order valence-corrected chi connectivity index (χ2v) is 12.2. The molecule has 4 rings (SSSR count). The Hall–Kier alpha value is -3.23. The van der Waals surface area contributed by atoms with Gasteiger partial charge in [-0.15, -0.1) is 0 Å². The number of nitrogens with zero attached hydrogens (tertiary/aromatic N) is 5. The number of imidazole rings is 1. The number of hydrogen-bond donors (Lipinski definition) is 2. The van der Waals surface area contributed by atoms with E-state index in [4.69, 9.17) is 10.2 Å². The standard InChI is InChI=1S/C25H32N6O4S/c1-25(2,3)30(24(32)33)16-36(34,35)28-15-22-29-21-14-27-20-7-5-4-6-19(20)23(21)31(22)18-10-8-17(9-11-18)12-13-26/h4-7,14,17-18,28H,8-12,15-16H2,1-3H3,(H,32,33). The van der Waals surface area contributed by atoms with Gasteiger partial charge >= 0.3 is 6.09 Å². The van der Waals surface area contributed by atoms with Crippen LogP contribution in [0.1, 0.15) is 64.7 Å². The molecule has 2 aromatic heterocycles. The highest BCUT2D eigenvalue weighted by atomic mass is 32.2. The zero-order chi connectivity index (χ0) is 26.1. The molecular formula is C25H32N6O4S. The molecule has 0 atom stereocenters. The van der Waals surface area contributed by atoms with Crippen LogP contribution in [0.5, 0.6) is 0 Å². The Morgan fingerprint density at radius 1 is 1.22 bits per heavy atom. The van der Waals surface area contributed by atoms with Crippen molar-refractivity contribution in [1.29, 1.82) is 5.26 Å². The van der Waals surface area contributed by atoms with Crippen LogP contribution in [0.4, 0.5) is 4.79 Å². The van der Waals surface area contributed by atoms with E-state index in [1.807, 2.05) is 24.3 Å². The normalized spacial score (nSPS) is 18.8. The number of amides is 1. The van der Waals surface area contributed by atoms with Crippen molar-refractivity contribution in [3.63, 3.8) is 0 Å². The molecular weight excluding hydrogens is 480 g/mol. The summed E-state index contributed by atoms with van der Waals surface area (Å²) in [6.07, 6.45) is 4.53.